The third-order valence-corrected chi connectivity index (χ3v) is 1.77. The van der Waals surface area contributed by atoms with Crippen LogP contribution < -0.4 is 0 Å². The molecule has 0 fully saturated rings. The second-order valence-electron chi connectivity index (χ2n) is 2.92. The molecule has 0 aromatic heterocycles. The Morgan fingerprint density at radius 3 is 2.56 bits per heavy atom. The zero-order valence-corrected chi connectivity index (χ0v) is 7.86. The van der Waals surface area contributed by atoms with E-state index in [4.69, 9.17) is 10.8 Å². The molecule has 0 N–H and O–H groups in total. The zero-order valence-electron chi connectivity index (χ0n) is 7.86. The van der Waals surface area contributed by atoms with Gasteiger partial charge in [0.05, 0.1) is 23.7 Å². The molecule has 0 bridgehead atoms. The average Bonchev–Trinajstić information content (AvgIpc) is 2.24. The largest absolute Gasteiger partial charge is 0.416 e. The number of halogens is 3. The van der Waals surface area contributed by atoms with Crippen LogP contribution in [0, 0.1) is 11.3 Å². The highest BCUT2D eigenvalue weighted by atomic mass is 19.4. The Morgan fingerprint density at radius 1 is 1.38 bits per heavy atom. The van der Waals surface area contributed by atoms with Crippen LogP contribution in [-0.2, 0) is 12.7 Å². The molecule has 0 aliphatic carbocycles. The summed E-state index contributed by atoms with van der Waals surface area (Å²) in [6, 6.07) is 4.48. The van der Waals surface area contributed by atoms with Crippen LogP contribution in [0.15, 0.2) is 23.3 Å². The van der Waals surface area contributed by atoms with Gasteiger partial charge in [-0.25, -0.2) is 0 Å². The van der Waals surface area contributed by atoms with E-state index in [1.54, 1.807) is 6.07 Å². The lowest BCUT2D eigenvalue weighted by atomic mass is 10.1. The van der Waals surface area contributed by atoms with Gasteiger partial charge in [-0.1, -0.05) is 5.11 Å². The maximum atomic E-state index is 12.4. The second-order valence-corrected chi connectivity index (χ2v) is 2.92. The first-order valence-electron chi connectivity index (χ1n) is 4.09. The van der Waals surface area contributed by atoms with E-state index >= 15 is 0 Å². The molecule has 1 aromatic rings. The molecule has 0 heterocycles. The van der Waals surface area contributed by atoms with E-state index in [0.717, 1.165) is 12.1 Å². The molecule has 0 radical (unpaired) electrons. The van der Waals surface area contributed by atoms with Gasteiger partial charge in [-0.15, -0.1) is 0 Å². The van der Waals surface area contributed by atoms with Crippen LogP contribution in [0.4, 0.5) is 13.2 Å². The van der Waals surface area contributed by atoms with Crippen molar-refractivity contribution in [3.63, 3.8) is 0 Å². The second kappa shape index (κ2) is 4.55. The number of nitrogens with zero attached hydrogens (tertiary/aromatic N) is 4. The van der Waals surface area contributed by atoms with Crippen LogP contribution >= 0.6 is 0 Å². The van der Waals surface area contributed by atoms with Crippen molar-refractivity contribution in [3.05, 3.63) is 45.3 Å². The summed E-state index contributed by atoms with van der Waals surface area (Å²) in [5.74, 6) is 0. The maximum Gasteiger partial charge on any atom is 0.416 e. The number of nitriles is 1. The number of benzene rings is 1. The van der Waals surface area contributed by atoms with Crippen molar-refractivity contribution in [1.29, 1.82) is 5.26 Å². The smallest absolute Gasteiger partial charge is 0.192 e. The summed E-state index contributed by atoms with van der Waals surface area (Å²) in [6.07, 6.45) is -4.52. The van der Waals surface area contributed by atoms with Crippen molar-refractivity contribution in [2.75, 3.05) is 0 Å². The minimum atomic E-state index is -4.52. The van der Waals surface area contributed by atoms with Crippen molar-refractivity contribution in [2.45, 2.75) is 12.7 Å². The first-order valence-corrected chi connectivity index (χ1v) is 4.09. The van der Waals surface area contributed by atoms with E-state index in [2.05, 4.69) is 10.0 Å². The SMILES string of the molecule is N#Cc1cc(CN=[N+]=[N-])cc(C(F)(F)F)c1. The van der Waals surface area contributed by atoms with Crippen LogP contribution in [0.3, 0.4) is 0 Å². The van der Waals surface area contributed by atoms with E-state index in [0.29, 0.717) is 0 Å². The molecule has 1 rings (SSSR count). The molecule has 0 spiro atoms. The highest BCUT2D eigenvalue weighted by Gasteiger charge is 2.31. The zero-order chi connectivity index (χ0) is 12.2. The van der Waals surface area contributed by atoms with E-state index in [-0.39, 0.29) is 17.7 Å². The first kappa shape index (κ1) is 11.9. The summed E-state index contributed by atoms with van der Waals surface area (Å²) in [5.41, 5.74) is 7.18. The number of alkyl halides is 3. The highest BCUT2D eigenvalue weighted by molar-refractivity contribution is 5.38. The van der Waals surface area contributed by atoms with Crippen LogP contribution in [0.2, 0.25) is 0 Å². The summed E-state index contributed by atoms with van der Waals surface area (Å²) in [5, 5.41) is 11.7. The van der Waals surface area contributed by atoms with Gasteiger partial charge in [0, 0.05) is 4.91 Å². The molecule has 16 heavy (non-hydrogen) atoms. The normalized spacial score (nSPS) is 10.4. The Morgan fingerprint density at radius 2 is 2.06 bits per heavy atom. The van der Waals surface area contributed by atoms with Crippen LogP contribution in [0.1, 0.15) is 16.7 Å². The van der Waals surface area contributed by atoms with Gasteiger partial charge in [0.1, 0.15) is 0 Å². The van der Waals surface area contributed by atoms with Gasteiger partial charge in [0.2, 0.25) is 0 Å². The van der Waals surface area contributed by atoms with Gasteiger partial charge in [0.15, 0.2) is 0 Å². The number of hydrogen-bond donors (Lipinski definition) is 0. The fraction of sp³-hybridized carbons (Fsp3) is 0.222. The summed E-state index contributed by atoms with van der Waals surface area (Å²) >= 11 is 0. The Kier molecular flexibility index (Phi) is 3.38. The molecular formula is C9H5F3N4. The lowest BCUT2D eigenvalue weighted by Gasteiger charge is -2.08. The minimum Gasteiger partial charge on any atom is -0.192 e. The van der Waals surface area contributed by atoms with E-state index < -0.39 is 11.7 Å². The first-order chi connectivity index (χ1) is 7.47. The minimum absolute atomic E-state index is 0.113. The molecule has 0 saturated carbocycles. The molecule has 0 atom stereocenters. The summed E-state index contributed by atoms with van der Waals surface area (Å²) in [7, 11) is 0. The van der Waals surface area contributed by atoms with Crippen LogP contribution in [0.5, 0.6) is 0 Å². The lowest BCUT2D eigenvalue weighted by molar-refractivity contribution is -0.137. The van der Waals surface area contributed by atoms with Crippen molar-refractivity contribution >= 4 is 0 Å². The molecule has 0 aliphatic heterocycles. The predicted octanol–water partition coefficient (Wildman–Crippen LogP) is 3.39. The fourth-order valence-electron chi connectivity index (χ4n) is 1.12. The van der Waals surface area contributed by atoms with Crippen LogP contribution in [0.25, 0.3) is 10.4 Å². The van der Waals surface area contributed by atoms with Crippen molar-refractivity contribution in [1.82, 2.24) is 0 Å². The summed E-state index contributed by atoms with van der Waals surface area (Å²) in [4.78, 5) is 2.44. The monoisotopic (exact) mass is 226 g/mol. The molecule has 7 heteroatoms. The van der Waals surface area contributed by atoms with E-state index in [1.807, 2.05) is 0 Å². The maximum absolute atomic E-state index is 12.4. The molecular weight excluding hydrogens is 221 g/mol. The number of hydrogen-bond acceptors (Lipinski definition) is 2. The van der Waals surface area contributed by atoms with Crippen molar-refractivity contribution < 1.29 is 13.2 Å². The van der Waals surface area contributed by atoms with E-state index in [9.17, 15) is 13.2 Å². The Labute approximate surface area is 88.5 Å². The Hall–Kier alpha value is -2.19. The fourth-order valence-corrected chi connectivity index (χ4v) is 1.12. The molecule has 82 valence electrons. The molecule has 0 unspecified atom stereocenters. The summed E-state index contributed by atoms with van der Waals surface area (Å²) in [6.45, 7) is -0.213. The van der Waals surface area contributed by atoms with Gasteiger partial charge in [-0.2, -0.15) is 18.4 Å². The number of rotatable bonds is 2. The third-order valence-electron chi connectivity index (χ3n) is 1.77. The average molecular weight is 226 g/mol. The molecule has 4 nitrogen and oxygen atoms in total. The molecule has 0 saturated heterocycles. The van der Waals surface area contributed by atoms with E-state index in [1.165, 1.54) is 6.07 Å². The van der Waals surface area contributed by atoms with Crippen molar-refractivity contribution in [3.8, 4) is 6.07 Å². The van der Waals surface area contributed by atoms with Gasteiger partial charge in [-0.3, -0.25) is 0 Å². The Balaban J connectivity index is 3.22. The predicted molar refractivity (Wildman–Crippen MR) is 49.0 cm³/mol. The van der Waals surface area contributed by atoms with Gasteiger partial charge >= 0.3 is 6.18 Å². The van der Waals surface area contributed by atoms with Gasteiger partial charge in [-0.05, 0) is 29.3 Å². The Bertz CT molecular complexity index is 481. The molecule has 1 aromatic carbocycles. The number of azide groups is 1. The highest BCUT2D eigenvalue weighted by Crippen LogP contribution is 2.30. The molecule has 0 aliphatic rings. The van der Waals surface area contributed by atoms with Crippen LogP contribution in [-0.4, -0.2) is 0 Å². The third kappa shape index (κ3) is 2.90. The quantitative estimate of drug-likeness (QED) is 0.432. The summed E-state index contributed by atoms with van der Waals surface area (Å²) < 4.78 is 37.2. The van der Waals surface area contributed by atoms with Gasteiger partial charge in [0.25, 0.3) is 0 Å². The van der Waals surface area contributed by atoms with Crippen molar-refractivity contribution in [2.24, 2.45) is 5.11 Å². The molecule has 0 amide bonds. The topological polar surface area (TPSA) is 72.5 Å². The standard InChI is InChI=1S/C9H5F3N4/c10-9(11,12)8-2-6(4-13)1-7(3-8)5-15-16-14/h1-3H,5H2. The lowest BCUT2D eigenvalue weighted by Crippen LogP contribution is -2.06. The van der Waals surface area contributed by atoms with Gasteiger partial charge < -0.3 is 0 Å².